The molecule has 140 valence electrons. The van der Waals surface area contributed by atoms with Crippen molar-refractivity contribution in [3.63, 3.8) is 0 Å². The molecule has 3 nitrogen and oxygen atoms in total. The Balaban J connectivity index is 2.06. The van der Waals surface area contributed by atoms with Crippen molar-refractivity contribution in [1.82, 2.24) is 4.31 Å². The predicted octanol–water partition coefficient (Wildman–Crippen LogP) is 6.22. The molecule has 0 radical (unpaired) electrons. The van der Waals surface area contributed by atoms with Crippen molar-refractivity contribution in [2.24, 2.45) is 0 Å². The van der Waals surface area contributed by atoms with Crippen LogP contribution < -0.4 is 5.32 Å². The zero-order chi connectivity index (χ0) is 19.1. The first-order valence-electron chi connectivity index (χ1n) is 8.70. The Bertz CT molecular complexity index is 767. The lowest BCUT2D eigenvalue weighted by molar-refractivity contribution is -0.115. The lowest BCUT2D eigenvalue weighted by atomic mass is 10.1. The Labute approximate surface area is 170 Å². The van der Waals surface area contributed by atoms with E-state index in [-0.39, 0.29) is 12.3 Å². The number of hydrogen-bond donors (Lipinski definition) is 1. The fraction of sp³-hybridized carbons (Fsp3) is 0.350. The van der Waals surface area contributed by atoms with E-state index < -0.39 is 0 Å². The lowest BCUT2D eigenvalue weighted by Gasteiger charge is -2.19. The molecule has 2 aromatic rings. The molecule has 1 N–H and O–H groups in total. The molecule has 0 saturated carbocycles. The van der Waals surface area contributed by atoms with E-state index in [0.717, 1.165) is 41.2 Å². The smallest absolute Gasteiger partial charge is 0.228 e. The second-order valence-electron chi connectivity index (χ2n) is 6.06. The summed E-state index contributed by atoms with van der Waals surface area (Å²) >= 11 is 13.7. The van der Waals surface area contributed by atoms with Gasteiger partial charge in [0.1, 0.15) is 0 Å². The van der Waals surface area contributed by atoms with Crippen molar-refractivity contribution >= 4 is 46.7 Å². The molecule has 0 unspecified atom stereocenters. The van der Waals surface area contributed by atoms with E-state index in [1.54, 1.807) is 24.1 Å². The lowest BCUT2D eigenvalue weighted by Crippen LogP contribution is -2.16. The molecule has 6 heteroatoms. The van der Waals surface area contributed by atoms with Crippen LogP contribution in [0.1, 0.15) is 31.4 Å². The SMILES string of the molecule is CCCN(CC)Sc1ccc(C)c(NC(=O)Cc2ccc(Cl)c(Cl)c2)c1. The van der Waals surface area contributed by atoms with Gasteiger partial charge in [-0.15, -0.1) is 0 Å². The molecule has 2 rings (SSSR count). The number of amides is 1. The van der Waals surface area contributed by atoms with Crippen LogP contribution in [-0.2, 0) is 11.2 Å². The summed E-state index contributed by atoms with van der Waals surface area (Å²) in [4.78, 5) is 13.5. The molecule has 0 aliphatic carbocycles. The Kier molecular flexibility index (Phi) is 8.29. The van der Waals surface area contributed by atoms with E-state index in [2.05, 4.69) is 29.5 Å². The van der Waals surface area contributed by atoms with Gasteiger partial charge in [-0.25, -0.2) is 4.31 Å². The topological polar surface area (TPSA) is 32.3 Å². The van der Waals surface area contributed by atoms with Crippen LogP contribution in [0, 0.1) is 6.92 Å². The summed E-state index contributed by atoms with van der Waals surface area (Å²) in [5.41, 5.74) is 2.71. The molecule has 0 aliphatic rings. The second-order valence-corrected chi connectivity index (χ2v) is 8.05. The van der Waals surface area contributed by atoms with Gasteiger partial charge in [0.15, 0.2) is 0 Å². The third-order valence-electron chi connectivity index (χ3n) is 3.89. The number of nitrogens with zero attached hydrogens (tertiary/aromatic N) is 1. The van der Waals surface area contributed by atoms with Crippen molar-refractivity contribution in [3.8, 4) is 0 Å². The molecular weight excluding hydrogens is 387 g/mol. The molecule has 0 atom stereocenters. The van der Waals surface area contributed by atoms with E-state index in [9.17, 15) is 4.79 Å². The summed E-state index contributed by atoms with van der Waals surface area (Å²) in [5, 5.41) is 3.96. The average molecular weight is 411 g/mol. The van der Waals surface area contributed by atoms with E-state index >= 15 is 0 Å². The van der Waals surface area contributed by atoms with Crippen molar-refractivity contribution < 1.29 is 4.79 Å². The quantitative estimate of drug-likeness (QED) is 0.523. The van der Waals surface area contributed by atoms with Crippen LogP contribution >= 0.6 is 35.1 Å². The van der Waals surface area contributed by atoms with Crippen LogP contribution in [0.5, 0.6) is 0 Å². The highest BCUT2D eigenvalue weighted by molar-refractivity contribution is 7.97. The van der Waals surface area contributed by atoms with Gasteiger partial charge < -0.3 is 5.32 Å². The van der Waals surface area contributed by atoms with Gasteiger partial charge in [-0.2, -0.15) is 0 Å². The molecule has 2 aromatic carbocycles. The number of hydrogen-bond acceptors (Lipinski definition) is 3. The molecule has 0 fully saturated rings. The van der Waals surface area contributed by atoms with Gasteiger partial charge in [-0.3, -0.25) is 4.79 Å². The number of benzene rings is 2. The van der Waals surface area contributed by atoms with Crippen LogP contribution in [0.2, 0.25) is 10.0 Å². The first-order valence-corrected chi connectivity index (χ1v) is 10.2. The summed E-state index contributed by atoms with van der Waals surface area (Å²) in [7, 11) is 0. The summed E-state index contributed by atoms with van der Waals surface area (Å²) in [5.74, 6) is -0.0745. The molecule has 0 heterocycles. The van der Waals surface area contributed by atoms with Crippen LogP contribution in [0.3, 0.4) is 0 Å². The molecule has 0 saturated heterocycles. The predicted molar refractivity (Wildman–Crippen MR) is 113 cm³/mol. The fourth-order valence-corrected chi connectivity index (χ4v) is 3.81. The van der Waals surface area contributed by atoms with E-state index in [4.69, 9.17) is 23.2 Å². The number of halogens is 2. The van der Waals surface area contributed by atoms with Crippen molar-refractivity contribution in [3.05, 3.63) is 57.6 Å². The molecule has 0 bridgehead atoms. The second kappa shape index (κ2) is 10.2. The van der Waals surface area contributed by atoms with Crippen molar-refractivity contribution in [2.75, 3.05) is 18.4 Å². The summed E-state index contributed by atoms with van der Waals surface area (Å²) < 4.78 is 2.31. The number of nitrogens with one attached hydrogen (secondary N) is 1. The number of anilines is 1. The first kappa shape index (κ1) is 21.1. The molecule has 26 heavy (non-hydrogen) atoms. The van der Waals surface area contributed by atoms with Gasteiger partial charge in [0.25, 0.3) is 0 Å². The van der Waals surface area contributed by atoms with Gasteiger partial charge in [-0.1, -0.05) is 49.2 Å². The maximum atomic E-state index is 12.4. The highest BCUT2D eigenvalue weighted by Gasteiger charge is 2.10. The summed E-state index contributed by atoms with van der Waals surface area (Å²) in [6.07, 6.45) is 1.37. The summed E-state index contributed by atoms with van der Waals surface area (Å²) in [6.45, 7) is 8.33. The van der Waals surface area contributed by atoms with Gasteiger partial charge in [0.2, 0.25) is 5.91 Å². The maximum absolute atomic E-state index is 12.4. The van der Waals surface area contributed by atoms with Gasteiger partial charge >= 0.3 is 0 Å². The largest absolute Gasteiger partial charge is 0.326 e. The van der Waals surface area contributed by atoms with Gasteiger partial charge in [-0.05, 0) is 60.7 Å². The van der Waals surface area contributed by atoms with E-state index in [1.807, 2.05) is 25.1 Å². The molecule has 0 aromatic heterocycles. The third-order valence-corrected chi connectivity index (χ3v) is 5.79. The minimum absolute atomic E-state index is 0.0745. The monoisotopic (exact) mass is 410 g/mol. The highest BCUT2D eigenvalue weighted by Crippen LogP contribution is 2.28. The Morgan fingerprint density at radius 1 is 1.12 bits per heavy atom. The minimum atomic E-state index is -0.0745. The fourth-order valence-electron chi connectivity index (χ4n) is 2.49. The number of aryl methyl sites for hydroxylation is 1. The Hall–Kier alpha value is -1.20. The first-order chi connectivity index (χ1) is 12.4. The summed E-state index contributed by atoms with van der Waals surface area (Å²) in [6, 6.07) is 11.4. The van der Waals surface area contributed by atoms with Crippen LogP contribution in [-0.4, -0.2) is 23.3 Å². The minimum Gasteiger partial charge on any atom is -0.326 e. The number of carbonyl (C=O) groups is 1. The van der Waals surface area contributed by atoms with Crippen LogP contribution in [0.15, 0.2) is 41.3 Å². The molecule has 0 spiro atoms. The average Bonchev–Trinajstić information content (AvgIpc) is 2.60. The zero-order valence-electron chi connectivity index (χ0n) is 15.3. The van der Waals surface area contributed by atoms with Crippen LogP contribution in [0.4, 0.5) is 5.69 Å². The van der Waals surface area contributed by atoms with E-state index in [0.29, 0.717) is 10.0 Å². The van der Waals surface area contributed by atoms with Crippen molar-refractivity contribution in [1.29, 1.82) is 0 Å². The zero-order valence-corrected chi connectivity index (χ0v) is 17.6. The molecular formula is C20H24Cl2N2OS. The number of rotatable bonds is 8. The Morgan fingerprint density at radius 2 is 1.88 bits per heavy atom. The number of carbonyl (C=O) groups excluding carboxylic acids is 1. The van der Waals surface area contributed by atoms with E-state index in [1.165, 1.54) is 0 Å². The standard InChI is InChI=1S/C20H24Cl2N2OS/c1-4-10-24(5-2)26-16-8-6-14(3)19(13-16)23-20(25)12-15-7-9-17(21)18(22)11-15/h6-9,11,13H,4-5,10,12H2,1-3H3,(H,23,25). The Morgan fingerprint density at radius 3 is 2.54 bits per heavy atom. The normalized spacial score (nSPS) is 11.0. The van der Waals surface area contributed by atoms with Gasteiger partial charge in [0.05, 0.1) is 16.5 Å². The maximum Gasteiger partial charge on any atom is 0.228 e. The third kappa shape index (κ3) is 6.20. The van der Waals surface area contributed by atoms with Crippen LogP contribution in [0.25, 0.3) is 0 Å². The molecule has 0 aliphatic heterocycles. The molecule has 1 amide bonds. The highest BCUT2D eigenvalue weighted by atomic mass is 35.5. The van der Waals surface area contributed by atoms with Crippen molar-refractivity contribution in [2.45, 2.75) is 38.5 Å². The van der Waals surface area contributed by atoms with Gasteiger partial charge in [0, 0.05) is 23.7 Å².